The van der Waals surface area contributed by atoms with Crippen LogP contribution in [0.3, 0.4) is 0 Å². The summed E-state index contributed by atoms with van der Waals surface area (Å²) in [6.45, 7) is -0.207. The summed E-state index contributed by atoms with van der Waals surface area (Å²) in [6.07, 6.45) is 1.54. The van der Waals surface area contributed by atoms with Crippen molar-refractivity contribution in [3.05, 3.63) is 29.0 Å². The molecule has 6 nitrogen and oxygen atoms in total. The Balaban J connectivity index is 2.28. The largest absolute Gasteiger partial charge is 0.480 e. The van der Waals surface area contributed by atoms with Crippen LogP contribution in [0.5, 0.6) is 0 Å². The highest BCUT2D eigenvalue weighted by Crippen LogP contribution is 2.15. The van der Waals surface area contributed by atoms with E-state index in [-0.39, 0.29) is 6.54 Å². The zero-order valence-corrected chi connectivity index (χ0v) is 9.62. The highest BCUT2D eigenvalue weighted by Gasteiger charge is 2.07. The highest BCUT2D eigenvalue weighted by molar-refractivity contribution is 9.10. The van der Waals surface area contributed by atoms with E-state index < -0.39 is 5.97 Å². The maximum atomic E-state index is 10.5. The van der Waals surface area contributed by atoms with E-state index in [0.29, 0.717) is 16.0 Å². The molecule has 0 atom stereocenters. The van der Waals surface area contributed by atoms with E-state index in [2.05, 4.69) is 31.2 Å². The molecule has 1 N–H and O–H groups in total. The maximum Gasteiger partial charge on any atom is 0.325 e. The molecule has 2 aromatic heterocycles. The molecule has 0 saturated carbocycles. The summed E-state index contributed by atoms with van der Waals surface area (Å²) in [5.41, 5.74) is 1.19. The van der Waals surface area contributed by atoms with Crippen molar-refractivity contribution in [2.45, 2.75) is 6.54 Å². The third-order valence-corrected chi connectivity index (χ3v) is 2.26. The van der Waals surface area contributed by atoms with Gasteiger partial charge in [0.1, 0.15) is 16.8 Å². The quantitative estimate of drug-likeness (QED) is 0.856. The molecule has 0 radical (unpaired) electrons. The van der Waals surface area contributed by atoms with Crippen molar-refractivity contribution >= 4 is 21.9 Å². The molecule has 0 aliphatic rings. The number of carboxylic acid groups (broad SMARTS) is 1. The summed E-state index contributed by atoms with van der Waals surface area (Å²) in [6, 6.07) is 5.40. The Morgan fingerprint density at radius 3 is 2.94 bits per heavy atom. The van der Waals surface area contributed by atoms with E-state index in [1.165, 1.54) is 4.68 Å². The first-order chi connectivity index (χ1) is 7.65. The molecular weight excluding hydrogens is 276 g/mol. The van der Waals surface area contributed by atoms with Crippen molar-refractivity contribution in [2.75, 3.05) is 0 Å². The van der Waals surface area contributed by atoms with Gasteiger partial charge in [-0.25, -0.2) is 9.67 Å². The molecule has 0 fully saturated rings. The number of aliphatic carboxylic acids is 1. The SMILES string of the molecule is O=C(O)Cn1cc(-c2cccc(Br)n2)nn1. The van der Waals surface area contributed by atoms with Crippen LogP contribution in [0, 0.1) is 0 Å². The average Bonchev–Trinajstić information content (AvgIpc) is 2.65. The first kappa shape index (κ1) is 10.7. The minimum Gasteiger partial charge on any atom is -0.480 e. The molecule has 82 valence electrons. The Bertz CT molecular complexity index is 526. The van der Waals surface area contributed by atoms with Gasteiger partial charge in [0.2, 0.25) is 0 Å². The van der Waals surface area contributed by atoms with Gasteiger partial charge in [0.25, 0.3) is 0 Å². The van der Waals surface area contributed by atoms with Crippen LogP contribution in [-0.4, -0.2) is 31.1 Å². The number of hydrogen-bond acceptors (Lipinski definition) is 4. The van der Waals surface area contributed by atoms with Gasteiger partial charge >= 0.3 is 5.97 Å². The van der Waals surface area contributed by atoms with Crippen molar-refractivity contribution < 1.29 is 9.90 Å². The summed E-state index contributed by atoms with van der Waals surface area (Å²) in [4.78, 5) is 14.6. The number of nitrogens with zero attached hydrogens (tertiary/aromatic N) is 4. The summed E-state index contributed by atoms with van der Waals surface area (Å²) in [5.74, 6) is -0.960. The Morgan fingerprint density at radius 1 is 1.44 bits per heavy atom. The Morgan fingerprint density at radius 2 is 2.25 bits per heavy atom. The van der Waals surface area contributed by atoms with Gasteiger partial charge in [0, 0.05) is 0 Å². The van der Waals surface area contributed by atoms with Gasteiger partial charge in [-0.3, -0.25) is 4.79 Å². The van der Waals surface area contributed by atoms with Gasteiger partial charge in [-0.15, -0.1) is 5.10 Å². The minimum absolute atomic E-state index is 0.207. The fraction of sp³-hybridized carbons (Fsp3) is 0.111. The predicted molar refractivity (Wildman–Crippen MR) is 58.6 cm³/mol. The fourth-order valence-electron chi connectivity index (χ4n) is 1.18. The summed E-state index contributed by atoms with van der Waals surface area (Å²) >= 11 is 3.25. The molecular formula is C9H7BrN4O2. The van der Waals surface area contributed by atoms with E-state index >= 15 is 0 Å². The van der Waals surface area contributed by atoms with E-state index in [0.717, 1.165) is 0 Å². The Labute approximate surface area is 99.1 Å². The summed E-state index contributed by atoms with van der Waals surface area (Å²) < 4.78 is 1.94. The minimum atomic E-state index is -0.960. The van der Waals surface area contributed by atoms with Gasteiger partial charge in [-0.05, 0) is 28.1 Å². The van der Waals surface area contributed by atoms with Crippen molar-refractivity contribution in [1.29, 1.82) is 0 Å². The Kier molecular flexibility index (Phi) is 2.95. The molecule has 0 saturated heterocycles. The molecule has 0 aliphatic heterocycles. The normalized spacial score (nSPS) is 10.3. The predicted octanol–water partition coefficient (Wildman–Crippen LogP) is 1.19. The number of rotatable bonds is 3. The lowest BCUT2D eigenvalue weighted by molar-refractivity contribution is -0.137. The molecule has 2 rings (SSSR count). The third kappa shape index (κ3) is 2.43. The number of pyridine rings is 1. The van der Waals surface area contributed by atoms with Crippen LogP contribution >= 0.6 is 15.9 Å². The second-order valence-corrected chi connectivity index (χ2v) is 3.85. The maximum absolute atomic E-state index is 10.5. The molecule has 2 aromatic rings. The number of carboxylic acids is 1. The molecule has 16 heavy (non-hydrogen) atoms. The molecule has 0 bridgehead atoms. The van der Waals surface area contributed by atoms with Crippen LogP contribution in [0.15, 0.2) is 29.0 Å². The average molecular weight is 283 g/mol. The first-order valence-electron chi connectivity index (χ1n) is 4.40. The molecule has 0 amide bonds. The second-order valence-electron chi connectivity index (χ2n) is 3.04. The Hall–Kier alpha value is -1.76. The van der Waals surface area contributed by atoms with Crippen molar-refractivity contribution in [3.63, 3.8) is 0 Å². The van der Waals surface area contributed by atoms with Crippen LogP contribution in [0.1, 0.15) is 0 Å². The highest BCUT2D eigenvalue weighted by atomic mass is 79.9. The smallest absolute Gasteiger partial charge is 0.325 e. The van der Waals surface area contributed by atoms with Gasteiger partial charge in [0.05, 0.1) is 11.9 Å². The summed E-state index contributed by atoms with van der Waals surface area (Å²) in [7, 11) is 0. The molecule has 0 unspecified atom stereocenters. The van der Waals surface area contributed by atoms with Crippen LogP contribution in [0.25, 0.3) is 11.4 Å². The van der Waals surface area contributed by atoms with Crippen LogP contribution in [-0.2, 0) is 11.3 Å². The second kappa shape index (κ2) is 4.40. The standard InChI is InChI=1S/C9H7BrN4O2/c10-8-3-1-2-6(11-8)7-4-14(13-12-7)5-9(15)16/h1-4H,5H2,(H,15,16). The zero-order chi connectivity index (χ0) is 11.5. The zero-order valence-electron chi connectivity index (χ0n) is 8.04. The van der Waals surface area contributed by atoms with E-state index in [4.69, 9.17) is 5.11 Å². The topological polar surface area (TPSA) is 80.9 Å². The van der Waals surface area contributed by atoms with Crippen molar-refractivity contribution in [2.24, 2.45) is 0 Å². The monoisotopic (exact) mass is 282 g/mol. The molecule has 0 aliphatic carbocycles. The van der Waals surface area contributed by atoms with Crippen LogP contribution < -0.4 is 0 Å². The van der Waals surface area contributed by atoms with Crippen molar-refractivity contribution in [1.82, 2.24) is 20.0 Å². The number of aromatic nitrogens is 4. The third-order valence-electron chi connectivity index (χ3n) is 1.81. The van der Waals surface area contributed by atoms with Gasteiger partial charge < -0.3 is 5.11 Å². The lowest BCUT2D eigenvalue weighted by Crippen LogP contribution is -2.08. The summed E-state index contributed by atoms with van der Waals surface area (Å²) in [5, 5.41) is 16.1. The first-order valence-corrected chi connectivity index (χ1v) is 5.19. The fourth-order valence-corrected chi connectivity index (χ4v) is 1.53. The van der Waals surface area contributed by atoms with E-state index in [1.54, 1.807) is 18.3 Å². The van der Waals surface area contributed by atoms with Gasteiger partial charge in [0.15, 0.2) is 0 Å². The number of halogens is 1. The van der Waals surface area contributed by atoms with Crippen molar-refractivity contribution in [3.8, 4) is 11.4 Å². The van der Waals surface area contributed by atoms with E-state index in [9.17, 15) is 4.79 Å². The number of hydrogen-bond donors (Lipinski definition) is 1. The lowest BCUT2D eigenvalue weighted by Gasteiger charge is -1.94. The van der Waals surface area contributed by atoms with Gasteiger partial charge in [-0.1, -0.05) is 11.3 Å². The lowest BCUT2D eigenvalue weighted by atomic mass is 10.3. The number of carbonyl (C=O) groups is 1. The molecule has 0 spiro atoms. The molecule has 2 heterocycles. The molecule has 7 heteroatoms. The van der Waals surface area contributed by atoms with Crippen LogP contribution in [0.4, 0.5) is 0 Å². The van der Waals surface area contributed by atoms with Crippen LogP contribution in [0.2, 0.25) is 0 Å². The van der Waals surface area contributed by atoms with Gasteiger partial charge in [-0.2, -0.15) is 0 Å². The molecule has 0 aromatic carbocycles. The van der Waals surface area contributed by atoms with E-state index in [1.807, 2.05) is 6.07 Å².